The molecule has 0 spiro atoms. The van der Waals surface area contributed by atoms with Crippen molar-refractivity contribution < 1.29 is 18.7 Å². The number of carbonyl (C=O) groups is 1. The Morgan fingerprint density at radius 1 is 1.24 bits per heavy atom. The molecule has 2 heterocycles. The number of rotatable bonds is 3. The number of fused-ring (bicyclic) bond motifs is 1. The highest BCUT2D eigenvalue weighted by Gasteiger charge is 2.17. The molecule has 21 heavy (non-hydrogen) atoms. The third-order valence-corrected chi connectivity index (χ3v) is 3.33. The fraction of sp³-hybridized carbons (Fsp3) is 0.333. The van der Waals surface area contributed by atoms with Crippen LogP contribution in [0.5, 0.6) is 5.75 Å². The number of hydrogen-bond donors (Lipinski definition) is 0. The van der Waals surface area contributed by atoms with E-state index in [1.165, 1.54) is 6.07 Å². The quantitative estimate of drug-likeness (QED) is 0.789. The lowest BCUT2D eigenvalue weighted by Gasteiger charge is -2.26. The number of ether oxygens (including phenoxy) is 2. The first-order chi connectivity index (χ1) is 10.2. The second kappa shape index (κ2) is 5.97. The second-order valence-electron chi connectivity index (χ2n) is 4.71. The van der Waals surface area contributed by atoms with Crippen LogP contribution in [0.25, 0.3) is 11.0 Å². The molecule has 0 atom stereocenters. The summed E-state index contributed by atoms with van der Waals surface area (Å²) in [5.74, 6) is 0.249. The second-order valence-corrected chi connectivity index (χ2v) is 4.71. The van der Waals surface area contributed by atoms with Gasteiger partial charge in [-0.3, -0.25) is 4.79 Å². The zero-order chi connectivity index (χ0) is 14.7. The van der Waals surface area contributed by atoms with E-state index in [1.807, 2.05) is 6.07 Å². The molecule has 0 N–H and O–H groups in total. The Morgan fingerprint density at radius 2 is 2.00 bits per heavy atom. The van der Waals surface area contributed by atoms with Gasteiger partial charge in [0.2, 0.25) is 0 Å². The van der Waals surface area contributed by atoms with Crippen molar-refractivity contribution in [3.63, 3.8) is 0 Å². The van der Waals surface area contributed by atoms with E-state index in [-0.39, 0.29) is 12.5 Å². The maximum atomic E-state index is 12.0. The van der Waals surface area contributed by atoms with E-state index in [9.17, 15) is 9.59 Å². The lowest BCUT2D eigenvalue weighted by Crippen LogP contribution is -2.43. The minimum atomic E-state index is -0.498. The zero-order valence-electron chi connectivity index (χ0n) is 11.4. The maximum absolute atomic E-state index is 12.0. The molecule has 0 aliphatic carbocycles. The van der Waals surface area contributed by atoms with Crippen LogP contribution in [0.3, 0.4) is 0 Å². The number of benzene rings is 1. The van der Waals surface area contributed by atoms with Crippen molar-refractivity contribution in [3.8, 4) is 5.75 Å². The van der Waals surface area contributed by atoms with Crippen molar-refractivity contribution in [1.82, 2.24) is 4.90 Å². The topological polar surface area (TPSA) is 69.0 Å². The van der Waals surface area contributed by atoms with E-state index >= 15 is 0 Å². The lowest BCUT2D eigenvalue weighted by atomic mass is 10.2. The summed E-state index contributed by atoms with van der Waals surface area (Å²) in [6.07, 6.45) is 0. The van der Waals surface area contributed by atoms with E-state index in [0.29, 0.717) is 43.0 Å². The average molecular weight is 289 g/mol. The number of nitrogens with zero attached hydrogens (tertiary/aromatic N) is 1. The highest BCUT2D eigenvalue weighted by Crippen LogP contribution is 2.23. The zero-order valence-corrected chi connectivity index (χ0v) is 11.4. The van der Waals surface area contributed by atoms with Crippen molar-refractivity contribution in [2.24, 2.45) is 0 Å². The molecular weight excluding hydrogens is 274 g/mol. The summed E-state index contributed by atoms with van der Waals surface area (Å²) >= 11 is 0. The normalized spacial score (nSPS) is 15.1. The van der Waals surface area contributed by atoms with Crippen LogP contribution in [0, 0.1) is 0 Å². The fourth-order valence-corrected chi connectivity index (χ4v) is 2.24. The molecule has 110 valence electrons. The standard InChI is InChI=1S/C15H15NO5/c17-14(16-5-7-19-8-6-16)10-20-13-9-15(18)21-12-4-2-1-3-11(12)13/h1-4,9H,5-8,10H2. The first-order valence-electron chi connectivity index (χ1n) is 6.75. The van der Waals surface area contributed by atoms with E-state index in [0.717, 1.165) is 0 Å². The van der Waals surface area contributed by atoms with Gasteiger partial charge in [-0.1, -0.05) is 12.1 Å². The molecule has 2 aromatic rings. The molecule has 1 aromatic heterocycles. The van der Waals surface area contributed by atoms with Gasteiger partial charge >= 0.3 is 5.63 Å². The van der Waals surface area contributed by atoms with Gasteiger partial charge in [0, 0.05) is 13.1 Å². The van der Waals surface area contributed by atoms with Gasteiger partial charge in [-0.15, -0.1) is 0 Å². The van der Waals surface area contributed by atoms with Crippen molar-refractivity contribution in [1.29, 1.82) is 0 Å². The summed E-state index contributed by atoms with van der Waals surface area (Å²) in [5, 5.41) is 0.673. The van der Waals surface area contributed by atoms with Gasteiger partial charge in [-0.05, 0) is 12.1 Å². The molecule has 1 saturated heterocycles. The van der Waals surface area contributed by atoms with Gasteiger partial charge < -0.3 is 18.8 Å². The van der Waals surface area contributed by atoms with Crippen LogP contribution in [0.4, 0.5) is 0 Å². The van der Waals surface area contributed by atoms with E-state index < -0.39 is 5.63 Å². The maximum Gasteiger partial charge on any atom is 0.339 e. The van der Waals surface area contributed by atoms with Crippen LogP contribution in [0.2, 0.25) is 0 Å². The summed E-state index contributed by atoms with van der Waals surface area (Å²) in [5.41, 5.74) is -0.0543. The lowest BCUT2D eigenvalue weighted by molar-refractivity contribution is -0.137. The van der Waals surface area contributed by atoms with Crippen LogP contribution in [0.1, 0.15) is 0 Å². The molecule has 3 rings (SSSR count). The SMILES string of the molecule is O=C(COc1cc(=O)oc2ccccc12)N1CCOCC1. The third-order valence-electron chi connectivity index (χ3n) is 3.33. The van der Waals surface area contributed by atoms with Crippen LogP contribution in [0.15, 0.2) is 39.5 Å². The molecule has 6 nitrogen and oxygen atoms in total. The van der Waals surface area contributed by atoms with Gasteiger partial charge in [-0.25, -0.2) is 4.79 Å². The molecule has 1 aromatic carbocycles. The molecule has 1 fully saturated rings. The highest BCUT2D eigenvalue weighted by atomic mass is 16.5. The first-order valence-corrected chi connectivity index (χ1v) is 6.75. The Bertz CT molecular complexity index is 703. The van der Waals surface area contributed by atoms with Crippen LogP contribution < -0.4 is 10.4 Å². The minimum Gasteiger partial charge on any atom is -0.483 e. The van der Waals surface area contributed by atoms with Gasteiger partial charge in [-0.2, -0.15) is 0 Å². The minimum absolute atomic E-state index is 0.104. The number of amides is 1. The Hall–Kier alpha value is -2.34. The predicted molar refractivity (Wildman–Crippen MR) is 75.4 cm³/mol. The van der Waals surface area contributed by atoms with E-state index in [2.05, 4.69) is 0 Å². The Kier molecular flexibility index (Phi) is 3.87. The number of morpholine rings is 1. The first kappa shape index (κ1) is 13.6. The number of carbonyl (C=O) groups excluding carboxylic acids is 1. The van der Waals surface area contributed by atoms with Crippen LogP contribution in [-0.4, -0.2) is 43.7 Å². The predicted octanol–water partition coefficient (Wildman–Crippen LogP) is 1.03. The number of para-hydroxylation sites is 1. The average Bonchev–Trinajstić information content (AvgIpc) is 2.53. The summed E-state index contributed by atoms with van der Waals surface area (Å²) < 4.78 is 15.8. The van der Waals surface area contributed by atoms with Gasteiger partial charge in [0.15, 0.2) is 6.61 Å². The van der Waals surface area contributed by atoms with Crippen LogP contribution >= 0.6 is 0 Å². The smallest absolute Gasteiger partial charge is 0.339 e. The molecule has 1 amide bonds. The summed E-state index contributed by atoms with van der Waals surface area (Å²) in [6.45, 7) is 2.13. The third kappa shape index (κ3) is 3.05. The monoisotopic (exact) mass is 289 g/mol. The van der Waals surface area contributed by atoms with Gasteiger partial charge in [0.25, 0.3) is 5.91 Å². The van der Waals surface area contributed by atoms with Crippen LogP contribution in [-0.2, 0) is 9.53 Å². The van der Waals surface area contributed by atoms with Crippen molar-refractivity contribution >= 4 is 16.9 Å². The van der Waals surface area contributed by atoms with Crippen molar-refractivity contribution in [2.75, 3.05) is 32.9 Å². The Balaban J connectivity index is 1.75. The molecule has 0 radical (unpaired) electrons. The molecule has 0 unspecified atom stereocenters. The number of hydrogen-bond acceptors (Lipinski definition) is 5. The largest absolute Gasteiger partial charge is 0.483 e. The summed E-state index contributed by atoms with van der Waals surface area (Å²) in [7, 11) is 0. The van der Waals surface area contributed by atoms with Gasteiger partial charge in [0.05, 0.1) is 24.7 Å². The molecule has 1 aliphatic heterocycles. The molecule has 0 saturated carbocycles. The molecule has 0 bridgehead atoms. The van der Waals surface area contributed by atoms with E-state index in [4.69, 9.17) is 13.9 Å². The van der Waals surface area contributed by atoms with Crippen molar-refractivity contribution in [2.45, 2.75) is 0 Å². The Morgan fingerprint density at radius 3 is 2.81 bits per heavy atom. The molecular formula is C15H15NO5. The van der Waals surface area contributed by atoms with Gasteiger partial charge in [0.1, 0.15) is 11.3 Å². The highest BCUT2D eigenvalue weighted by molar-refractivity contribution is 5.84. The summed E-state index contributed by atoms with van der Waals surface area (Å²) in [6, 6.07) is 8.32. The fourth-order valence-electron chi connectivity index (χ4n) is 2.24. The van der Waals surface area contributed by atoms with E-state index in [1.54, 1.807) is 23.1 Å². The Labute approximate surface area is 120 Å². The molecule has 6 heteroatoms. The molecule has 1 aliphatic rings. The van der Waals surface area contributed by atoms with Crippen molar-refractivity contribution in [3.05, 3.63) is 40.8 Å². The summed E-state index contributed by atoms with van der Waals surface area (Å²) in [4.78, 5) is 25.2.